The summed E-state index contributed by atoms with van der Waals surface area (Å²) in [6.45, 7) is 6.66. The lowest BCUT2D eigenvalue weighted by Crippen LogP contribution is -2.56. The Morgan fingerprint density at radius 2 is 1.78 bits per heavy atom. The topological polar surface area (TPSA) is 94.2 Å². The van der Waals surface area contributed by atoms with Crippen molar-refractivity contribution in [2.75, 3.05) is 20.3 Å². The van der Waals surface area contributed by atoms with E-state index in [2.05, 4.69) is 5.43 Å². The molecule has 0 aliphatic rings. The summed E-state index contributed by atoms with van der Waals surface area (Å²) in [6.07, 6.45) is -0.559. The van der Waals surface area contributed by atoms with Crippen LogP contribution < -0.4 is 5.43 Å². The summed E-state index contributed by atoms with van der Waals surface area (Å²) >= 11 is 0. The van der Waals surface area contributed by atoms with Gasteiger partial charge in [-0.15, -0.1) is 0 Å². The molecule has 1 atom stereocenters. The van der Waals surface area contributed by atoms with Crippen molar-refractivity contribution in [1.82, 2.24) is 10.4 Å². The van der Waals surface area contributed by atoms with E-state index in [0.29, 0.717) is 0 Å². The molecule has 0 aromatic heterocycles. The third kappa shape index (κ3) is 8.54. The van der Waals surface area contributed by atoms with E-state index in [0.717, 1.165) is 5.56 Å². The molecule has 0 saturated carbocycles. The van der Waals surface area contributed by atoms with Crippen LogP contribution in [-0.2, 0) is 30.2 Å². The molecule has 150 valence electrons. The van der Waals surface area contributed by atoms with E-state index in [4.69, 9.17) is 14.2 Å². The second-order valence-electron chi connectivity index (χ2n) is 6.78. The van der Waals surface area contributed by atoms with Crippen LogP contribution in [0.3, 0.4) is 0 Å². The van der Waals surface area contributed by atoms with Crippen LogP contribution in [0.15, 0.2) is 30.3 Å². The molecular weight excluding hydrogens is 352 g/mol. The molecule has 0 bridgehead atoms. The van der Waals surface area contributed by atoms with Crippen LogP contribution in [0.25, 0.3) is 0 Å². The number of amides is 1. The molecule has 1 amide bonds. The number of carbonyl (C=O) groups is 3. The zero-order valence-electron chi connectivity index (χ0n) is 16.5. The second kappa shape index (κ2) is 10.5. The average molecular weight is 380 g/mol. The molecule has 0 aliphatic carbocycles. The summed E-state index contributed by atoms with van der Waals surface area (Å²) in [6, 6.07) is 8.26. The Bertz CT molecular complexity index is 627. The van der Waals surface area contributed by atoms with Gasteiger partial charge in [0.15, 0.2) is 0 Å². The molecule has 0 aliphatic heterocycles. The van der Waals surface area contributed by atoms with Gasteiger partial charge < -0.3 is 14.2 Å². The lowest BCUT2D eigenvalue weighted by atomic mass is 10.1. The molecule has 0 saturated heterocycles. The molecule has 8 heteroatoms. The number of ether oxygens (including phenoxy) is 3. The Balaban J connectivity index is 3.06. The fourth-order valence-electron chi connectivity index (χ4n) is 2.29. The number of esters is 2. The first-order valence-electron chi connectivity index (χ1n) is 8.70. The second-order valence-corrected chi connectivity index (χ2v) is 6.78. The highest BCUT2D eigenvalue weighted by Crippen LogP contribution is 2.12. The molecule has 1 aromatic carbocycles. The van der Waals surface area contributed by atoms with Gasteiger partial charge in [-0.25, -0.2) is 4.79 Å². The number of carbonyl (C=O) groups excluding carboxylic acids is 3. The summed E-state index contributed by atoms with van der Waals surface area (Å²) in [5, 5.41) is 1.19. The molecular formula is C19H28N2O6. The number of methoxy groups -OCH3 is 1. The number of benzene rings is 1. The highest BCUT2D eigenvalue weighted by atomic mass is 16.6. The van der Waals surface area contributed by atoms with Gasteiger partial charge in [-0.05, 0) is 33.3 Å². The number of hydrazine groups is 1. The van der Waals surface area contributed by atoms with Crippen molar-refractivity contribution in [3.8, 4) is 0 Å². The van der Waals surface area contributed by atoms with Crippen molar-refractivity contribution in [2.45, 2.75) is 45.8 Å². The van der Waals surface area contributed by atoms with Crippen LogP contribution in [-0.4, -0.2) is 54.9 Å². The monoisotopic (exact) mass is 380 g/mol. The van der Waals surface area contributed by atoms with Gasteiger partial charge in [-0.1, -0.05) is 30.3 Å². The highest BCUT2D eigenvalue weighted by molar-refractivity contribution is 5.79. The predicted octanol–water partition coefficient (Wildman–Crippen LogP) is 2.08. The lowest BCUT2D eigenvalue weighted by Gasteiger charge is -2.30. The van der Waals surface area contributed by atoms with Gasteiger partial charge in [0.25, 0.3) is 0 Å². The average Bonchev–Trinajstić information content (AvgIpc) is 2.58. The third-order valence-electron chi connectivity index (χ3n) is 3.36. The molecule has 0 unspecified atom stereocenters. The minimum absolute atomic E-state index is 0.181. The Kier molecular flexibility index (Phi) is 8.74. The quantitative estimate of drug-likeness (QED) is 0.419. The van der Waals surface area contributed by atoms with E-state index < -0.39 is 29.7 Å². The summed E-state index contributed by atoms with van der Waals surface area (Å²) in [5.41, 5.74) is 2.57. The van der Waals surface area contributed by atoms with E-state index in [1.165, 1.54) is 12.1 Å². The van der Waals surface area contributed by atoms with Crippen molar-refractivity contribution < 1.29 is 28.6 Å². The fourth-order valence-corrected chi connectivity index (χ4v) is 2.29. The van der Waals surface area contributed by atoms with Gasteiger partial charge in [-0.3, -0.25) is 15.0 Å². The first-order chi connectivity index (χ1) is 12.7. The van der Waals surface area contributed by atoms with E-state index >= 15 is 0 Å². The largest absolute Gasteiger partial charge is 0.468 e. The van der Waals surface area contributed by atoms with E-state index in [-0.39, 0.29) is 19.6 Å². The maximum Gasteiger partial charge on any atom is 0.422 e. The first kappa shape index (κ1) is 22.4. The van der Waals surface area contributed by atoms with Gasteiger partial charge in [0.05, 0.1) is 13.7 Å². The maximum atomic E-state index is 12.4. The van der Waals surface area contributed by atoms with Gasteiger partial charge in [0.2, 0.25) is 0 Å². The van der Waals surface area contributed by atoms with Crippen molar-refractivity contribution >= 4 is 18.0 Å². The third-order valence-corrected chi connectivity index (χ3v) is 3.36. The van der Waals surface area contributed by atoms with Crippen LogP contribution in [0.1, 0.15) is 33.3 Å². The maximum absolute atomic E-state index is 12.4. The normalized spacial score (nSPS) is 12.2. The Morgan fingerprint density at radius 1 is 1.15 bits per heavy atom. The smallest absolute Gasteiger partial charge is 0.422 e. The predicted molar refractivity (Wildman–Crippen MR) is 98.7 cm³/mol. The molecule has 0 spiro atoms. The molecule has 0 fully saturated rings. The van der Waals surface area contributed by atoms with E-state index in [1.54, 1.807) is 27.7 Å². The van der Waals surface area contributed by atoms with Crippen LogP contribution in [0, 0.1) is 0 Å². The molecule has 0 heterocycles. The Hall–Kier alpha value is -2.61. The Labute approximate surface area is 159 Å². The van der Waals surface area contributed by atoms with Crippen LogP contribution in [0.5, 0.6) is 0 Å². The molecule has 1 rings (SSSR count). The minimum atomic E-state index is -0.936. The Morgan fingerprint density at radius 3 is 2.30 bits per heavy atom. The highest BCUT2D eigenvalue weighted by Gasteiger charge is 2.32. The standard InChI is InChI=1S/C19H28N2O6/c1-6-26-16(22)13-21(20-18(24)27-19(2,3)4)15(17(23)25-5)12-14-10-8-7-9-11-14/h7-11,15H,6,12-13H2,1-5H3,(H,20,24)/t15-/m0/s1. The van der Waals surface area contributed by atoms with Gasteiger partial charge >= 0.3 is 18.0 Å². The molecule has 0 radical (unpaired) electrons. The summed E-state index contributed by atoms with van der Waals surface area (Å²) in [4.78, 5) is 36.5. The number of hydrogen-bond acceptors (Lipinski definition) is 7. The number of nitrogens with one attached hydrogen (secondary N) is 1. The summed E-state index contributed by atoms with van der Waals surface area (Å²) in [5.74, 6) is -1.19. The lowest BCUT2D eigenvalue weighted by molar-refractivity contribution is -0.152. The van der Waals surface area contributed by atoms with Crippen LogP contribution >= 0.6 is 0 Å². The number of nitrogens with zero attached hydrogens (tertiary/aromatic N) is 1. The number of rotatable bonds is 8. The molecule has 8 nitrogen and oxygen atoms in total. The van der Waals surface area contributed by atoms with Gasteiger partial charge in [-0.2, -0.15) is 5.01 Å². The van der Waals surface area contributed by atoms with Crippen LogP contribution in [0.4, 0.5) is 4.79 Å². The van der Waals surface area contributed by atoms with Crippen molar-refractivity contribution in [2.24, 2.45) is 0 Å². The summed E-state index contributed by atoms with van der Waals surface area (Å²) in [7, 11) is 1.25. The summed E-state index contributed by atoms with van der Waals surface area (Å²) < 4.78 is 15.0. The molecule has 27 heavy (non-hydrogen) atoms. The van der Waals surface area contributed by atoms with Gasteiger partial charge in [0, 0.05) is 6.42 Å². The van der Waals surface area contributed by atoms with E-state index in [9.17, 15) is 14.4 Å². The van der Waals surface area contributed by atoms with Crippen molar-refractivity contribution in [1.29, 1.82) is 0 Å². The zero-order chi connectivity index (χ0) is 20.4. The van der Waals surface area contributed by atoms with Crippen molar-refractivity contribution in [3.05, 3.63) is 35.9 Å². The molecule has 1 N–H and O–H groups in total. The fraction of sp³-hybridized carbons (Fsp3) is 0.526. The molecule has 1 aromatic rings. The zero-order valence-corrected chi connectivity index (χ0v) is 16.5. The van der Waals surface area contributed by atoms with Crippen LogP contribution in [0.2, 0.25) is 0 Å². The SMILES string of the molecule is CCOC(=O)CN(NC(=O)OC(C)(C)C)[C@@H](Cc1ccccc1)C(=O)OC. The van der Waals surface area contributed by atoms with Gasteiger partial charge in [0.1, 0.15) is 18.2 Å². The van der Waals surface area contributed by atoms with E-state index in [1.807, 2.05) is 30.3 Å². The minimum Gasteiger partial charge on any atom is -0.468 e. The number of hydrogen-bond donors (Lipinski definition) is 1. The van der Waals surface area contributed by atoms with Crippen molar-refractivity contribution in [3.63, 3.8) is 0 Å². The first-order valence-corrected chi connectivity index (χ1v) is 8.70.